The van der Waals surface area contributed by atoms with Gasteiger partial charge in [-0.05, 0) is 76.1 Å². The van der Waals surface area contributed by atoms with Crippen LogP contribution in [0.25, 0.3) is 16.5 Å². The fraction of sp³-hybridized carbons (Fsp3) is 0.280. The molecule has 1 heterocycles. The van der Waals surface area contributed by atoms with Crippen LogP contribution in [0, 0.1) is 13.8 Å². The SMILES string of the molecule is CCOC(=O)c1ccc(NC(=O)/C=C(\C)c2cc3c(C)coc3c(C)c2OCC)cc1. The number of carbonyl (C=O) groups is 2. The first-order chi connectivity index (χ1) is 14.8. The molecule has 0 unspecified atom stereocenters. The summed E-state index contributed by atoms with van der Waals surface area (Å²) in [6.45, 7) is 10.3. The molecule has 0 aliphatic rings. The maximum absolute atomic E-state index is 12.6. The highest BCUT2D eigenvalue weighted by atomic mass is 16.5. The molecule has 1 aromatic heterocycles. The quantitative estimate of drug-likeness (QED) is 0.393. The summed E-state index contributed by atoms with van der Waals surface area (Å²) in [5.74, 6) is 0.0510. The van der Waals surface area contributed by atoms with E-state index >= 15 is 0 Å². The lowest BCUT2D eigenvalue weighted by Gasteiger charge is -2.14. The Morgan fingerprint density at radius 1 is 1.10 bits per heavy atom. The van der Waals surface area contributed by atoms with E-state index in [0.29, 0.717) is 30.2 Å². The Kier molecular flexibility index (Phi) is 6.80. The number of furan rings is 1. The lowest BCUT2D eigenvalue weighted by Crippen LogP contribution is -2.10. The molecule has 162 valence electrons. The molecule has 0 radical (unpaired) electrons. The van der Waals surface area contributed by atoms with Gasteiger partial charge in [-0.25, -0.2) is 4.79 Å². The summed E-state index contributed by atoms with van der Waals surface area (Å²) in [5.41, 5.74) is 5.38. The second-order valence-electron chi connectivity index (χ2n) is 7.22. The van der Waals surface area contributed by atoms with Crippen molar-refractivity contribution in [3.63, 3.8) is 0 Å². The van der Waals surface area contributed by atoms with E-state index in [2.05, 4.69) is 5.32 Å². The van der Waals surface area contributed by atoms with Crippen molar-refractivity contribution in [2.75, 3.05) is 18.5 Å². The van der Waals surface area contributed by atoms with Gasteiger partial charge in [0.1, 0.15) is 11.3 Å². The van der Waals surface area contributed by atoms with Crippen molar-refractivity contribution in [3.05, 3.63) is 64.9 Å². The first-order valence-corrected chi connectivity index (χ1v) is 10.3. The number of carbonyl (C=O) groups excluding carboxylic acids is 2. The summed E-state index contributed by atoms with van der Waals surface area (Å²) in [7, 11) is 0. The molecule has 0 aliphatic carbocycles. The molecule has 3 rings (SSSR count). The monoisotopic (exact) mass is 421 g/mol. The number of fused-ring (bicyclic) bond motifs is 1. The first kappa shape index (κ1) is 22.2. The van der Waals surface area contributed by atoms with Crippen molar-refractivity contribution in [2.45, 2.75) is 34.6 Å². The Hall–Kier alpha value is -3.54. The number of allylic oxidation sites excluding steroid dienone is 1. The molecule has 0 aliphatic heterocycles. The number of nitrogens with one attached hydrogen (secondary N) is 1. The van der Waals surface area contributed by atoms with Gasteiger partial charge in [-0.2, -0.15) is 0 Å². The van der Waals surface area contributed by atoms with Gasteiger partial charge in [0.2, 0.25) is 5.91 Å². The van der Waals surface area contributed by atoms with E-state index in [9.17, 15) is 9.59 Å². The molecule has 2 aromatic carbocycles. The smallest absolute Gasteiger partial charge is 0.338 e. The van der Waals surface area contributed by atoms with Crippen LogP contribution >= 0.6 is 0 Å². The first-order valence-electron chi connectivity index (χ1n) is 10.3. The molecule has 0 spiro atoms. The standard InChI is InChI=1S/C25H27NO5/c1-6-29-23-17(5)24-21(16(4)14-31-24)13-20(23)15(3)12-22(27)26-19-10-8-18(9-11-19)25(28)30-7-2/h8-14H,6-7H2,1-5H3,(H,26,27)/b15-12+. The third-order valence-corrected chi connectivity index (χ3v) is 4.96. The van der Waals surface area contributed by atoms with Gasteiger partial charge in [-0.3, -0.25) is 4.79 Å². The molecular weight excluding hydrogens is 394 g/mol. The van der Waals surface area contributed by atoms with Crippen LogP contribution in [0.1, 0.15) is 47.8 Å². The van der Waals surface area contributed by atoms with Gasteiger partial charge < -0.3 is 19.2 Å². The summed E-state index contributed by atoms with van der Waals surface area (Å²) in [5, 5.41) is 3.82. The van der Waals surface area contributed by atoms with Crippen LogP contribution in [0.2, 0.25) is 0 Å². The number of anilines is 1. The molecule has 1 N–H and O–H groups in total. The molecule has 6 nitrogen and oxygen atoms in total. The summed E-state index contributed by atoms with van der Waals surface area (Å²) >= 11 is 0. The van der Waals surface area contributed by atoms with E-state index in [4.69, 9.17) is 13.9 Å². The lowest BCUT2D eigenvalue weighted by molar-refractivity contribution is -0.111. The van der Waals surface area contributed by atoms with E-state index in [1.165, 1.54) is 6.08 Å². The fourth-order valence-electron chi connectivity index (χ4n) is 3.42. The van der Waals surface area contributed by atoms with Gasteiger partial charge >= 0.3 is 5.97 Å². The number of esters is 1. The van der Waals surface area contributed by atoms with Crippen molar-refractivity contribution in [1.82, 2.24) is 0 Å². The van der Waals surface area contributed by atoms with Crippen molar-refractivity contribution in [2.24, 2.45) is 0 Å². The average molecular weight is 421 g/mol. The Balaban J connectivity index is 1.86. The zero-order chi connectivity index (χ0) is 22.5. The Bertz CT molecular complexity index is 1140. The number of hydrogen-bond donors (Lipinski definition) is 1. The molecule has 0 saturated carbocycles. The second-order valence-corrected chi connectivity index (χ2v) is 7.22. The van der Waals surface area contributed by atoms with E-state index < -0.39 is 0 Å². The minimum atomic E-state index is -0.389. The number of rotatable bonds is 7. The van der Waals surface area contributed by atoms with Crippen LogP contribution in [0.4, 0.5) is 5.69 Å². The minimum absolute atomic E-state index is 0.273. The second kappa shape index (κ2) is 9.51. The molecule has 3 aromatic rings. The molecule has 0 saturated heterocycles. The summed E-state index contributed by atoms with van der Waals surface area (Å²) in [4.78, 5) is 24.4. The van der Waals surface area contributed by atoms with E-state index in [0.717, 1.165) is 33.2 Å². The predicted octanol–water partition coefficient (Wildman–Crippen LogP) is 5.67. The third kappa shape index (κ3) is 4.79. The summed E-state index contributed by atoms with van der Waals surface area (Å²) < 4.78 is 16.5. The van der Waals surface area contributed by atoms with Gasteiger partial charge in [-0.15, -0.1) is 0 Å². The van der Waals surface area contributed by atoms with Crippen molar-refractivity contribution >= 4 is 34.1 Å². The molecule has 0 fully saturated rings. The van der Waals surface area contributed by atoms with Gasteiger partial charge in [0.05, 0.1) is 25.0 Å². The van der Waals surface area contributed by atoms with Crippen LogP contribution in [0.5, 0.6) is 5.75 Å². The normalized spacial score (nSPS) is 11.5. The van der Waals surface area contributed by atoms with Crippen LogP contribution in [-0.4, -0.2) is 25.1 Å². The van der Waals surface area contributed by atoms with Gasteiger partial charge in [0.25, 0.3) is 0 Å². The third-order valence-electron chi connectivity index (χ3n) is 4.96. The molecule has 0 atom stereocenters. The van der Waals surface area contributed by atoms with E-state index in [1.54, 1.807) is 37.5 Å². The average Bonchev–Trinajstić information content (AvgIpc) is 3.11. The Labute approximate surface area is 181 Å². The van der Waals surface area contributed by atoms with Gasteiger partial charge in [0, 0.05) is 28.3 Å². The van der Waals surface area contributed by atoms with Crippen molar-refractivity contribution in [1.29, 1.82) is 0 Å². The molecule has 1 amide bonds. The Morgan fingerprint density at radius 2 is 1.81 bits per heavy atom. The van der Waals surface area contributed by atoms with E-state index in [1.807, 2.05) is 33.8 Å². The fourth-order valence-corrected chi connectivity index (χ4v) is 3.42. The van der Waals surface area contributed by atoms with E-state index in [-0.39, 0.29) is 11.9 Å². The van der Waals surface area contributed by atoms with Crippen molar-refractivity contribution in [3.8, 4) is 5.75 Å². The predicted molar refractivity (Wildman–Crippen MR) is 122 cm³/mol. The molecule has 6 heteroatoms. The highest BCUT2D eigenvalue weighted by molar-refractivity contribution is 6.05. The maximum Gasteiger partial charge on any atom is 0.338 e. The number of hydrogen-bond acceptors (Lipinski definition) is 5. The molecular formula is C25H27NO5. The Morgan fingerprint density at radius 3 is 2.45 bits per heavy atom. The van der Waals surface area contributed by atoms with Crippen molar-refractivity contribution < 1.29 is 23.5 Å². The molecule has 0 bridgehead atoms. The largest absolute Gasteiger partial charge is 0.493 e. The molecule has 31 heavy (non-hydrogen) atoms. The van der Waals surface area contributed by atoms with Crippen LogP contribution in [-0.2, 0) is 9.53 Å². The topological polar surface area (TPSA) is 77.8 Å². The van der Waals surface area contributed by atoms with Gasteiger partial charge in [-0.1, -0.05) is 0 Å². The number of benzene rings is 2. The summed E-state index contributed by atoms with van der Waals surface area (Å²) in [6.07, 6.45) is 3.26. The van der Waals surface area contributed by atoms with Gasteiger partial charge in [0.15, 0.2) is 0 Å². The summed E-state index contributed by atoms with van der Waals surface area (Å²) in [6, 6.07) is 8.58. The van der Waals surface area contributed by atoms with Crippen LogP contribution in [0.15, 0.2) is 47.1 Å². The van der Waals surface area contributed by atoms with Crippen LogP contribution in [0.3, 0.4) is 0 Å². The van der Waals surface area contributed by atoms with Crippen LogP contribution < -0.4 is 10.1 Å². The number of aryl methyl sites for hydroxylation is 2. The maximum atomic E-state index is 12.6. The minimum Gasteiger partial charge on any atom is -0.493 e. The highest BCUT2D eigenvalue weighted by Gasteiger charge is 2.17. The number of amides is 1. The zero-order valence-electron chi connectivity index (χ0n) is 18.5. The lowest BCUT2D eigenvalue weighted by atomic mass is 9.98. The number of ether oxygens (including phenoxy) is 2. The highest BCUT2D eigenvalue weighted by Crippen LogP contribution is 2.37. The zero-order valence-corrected chi connectivity index (χ0v) is 18.5.